The van der Waals surface area contributed by atoms with E-state index in [4.69, 9.17) is 4.74 Å². The van der Waals surface area contributed by atoms with Crippen molar-refractivity contribution in [1.29, 1.82) is 0 Å². The number of hydrogen-bond acceptors (Lipinski definition) is 3. The summed E-state index contributed by atoms with van der Waals surface area (Å²) in [6.45, 7) is 0.757. The van der Waals surface area contributed by atoms with Crippen molar-refractivity contribution in [2.75, 3.05) is 23.9 Å². The molecule has 22 heavy (non-hydrogen) atoms. The van der Waals surface area contributed by atoms with Crippen molar-refractivity contribution in [3.05, 3.63) is 18.2 Å². The average Bonchev–Trinajstić information content (AvgIpc) is 2.42. The molecule has 6 nitrogen and oxygen atoms in total. The number of alkyl halides is 3. The summed E-state index contributed by atoms with van der Waals surface area (Å²) in [5, 5.41) is 4.07. The van der Waals surface area contributed by atoms with E-state index in [0.29, 0.717) is 11.4 Å². The quantitative estimate of drug-likeness (QED) is 0.878. The standard InChI is InChI=1S/C13H14F3N3O3/c1-7(13(14,15)16)17-12(21)18-8-3-4-10-9(5-8)19(2)11(20)6-22-10/h3-5,7H,6H2,1-2H3,(H2,17,18,21)/t7-/m0/s1. The molecule has 0 bridgehead atoms. The van der Waals surface area contributed by atoms with Gasteiger partial charge in [0.1, 0.15) is 11.8 Å². The molecule has 0 fully saturated rings. The van der Waals surface area contributed by atoms with E-state index < -0.39 is 18.2 Å². The fourth-order valence-electron chi connectivity index (χ4n) is 1.80. The highest BCUT2D eigenvalue weighted by atomic mass is 19.4. The Morgan fingerprint density at radius 2 is 2.09 bits per heavy atom. The second-order valence-electron chi connectivity index (χ2n) is 4.79. The van der Waals surface area contributed by atoms with Crippen LogP contribution in [-0.4, -0.2) is 37.8 Å². The molecular formula is C13H14F3N3O3. The predicted molar refractivity (Wildman–Crippen MR) is 73.0 cm³/mol. The molecule has 120 valence electrons. The average molecular weight is 317 g/mol. The lowest BCUT2D eigenvalue weighted by Crippen LogP contribution is -2.45. The highest BCUT2D eigenvalue weighted by Crippen LogP contribution is 2.33. The van der Waals surface area contributed by atoms with Crippen molar-refractivity contribution in [3.8, 4) is 5.75 Å². The van der Waals surface area contributed by atoms with Crippen molar-refractivity contribution < 1.29 is 27.5 Å². The van der Waals surface area contributed by atoms with E-state index >= 15 is 0 Å². The van der Waals surface area contributed by atoms with Gasteiger partial charge in [-0.2, -0.15) is 13.2 Å². The molecule has 0 aliphatic carbocycles. The number of carbonyl (C=O) groups excluding carboxylic acids is 2. The summed E-state index contributed by atoms with van der Waals surface area (Å²) in [6, 6.07) is 1.49. The molecule has 0 saturated carbocycles. The minimum Gasteiger partial charge on any atom is -0.482 e. The van der Waals surface area contributed by atoms with Crippen molar-refractivity contribution in [2.24, 2.45) is 0 Å². The molecule has 1 atom stereocenters. The van der Waals surface area contributed by atoms with E-state index in [0.717, 1.165) is 6.92 Å². The Morgan fingerprint density at radius 1 is 1.41 bits per heavy atom. The lowest BCUT2D eigenvalue weighted by atomic mass is 10.2. The van der Waals surface area contributed by atoms with Crippen LogP contribution in [0.5, 0.6) is 5.75 Å². The smallest absolute Gasteiger partial charge is 0.408 e. The van der Waals surface area contributed by atoms with Gasteiger partial charge in [0.25, 0.3) is 5.91 Å². The van der Waals surface area contributed by atoms with Crippen molar-refractivity contribution in [3.63, 3.8) is 0 Å². The summed E-state index contributed by atoms with van der Waals surface area (Å²) < 4.78 is 42.3. The largest absolute Gasteiger partial charge is 0.482 e. The van der Waals surface area contributed by atoms with Gasteiger partial charge in [-0.05, 0) is 25.1 Å². The molecule has 2 rings (SSSR count). The molecule has 1 aromatic carbocycles. The van der Waals surface area contributed by atoms with Gasteiger partial charge in [0.2, 0.25) is 0 Å². The maximum absolute atomic E-state index is 12.4. The van der Waals surface area contributed by atoms with Crippen LogP contribution in [-0.2, 0) is 4.79 Å². The summed E-state index contributed by atoms with van der Waals surface area (Å²) in [6.07, 6.45) is -4.52. The van der Waals surface area contributed by atoms with Gasteiger partial charge in [0.15, 0.2) is 6.61 Å². The molecule has 1 aliphatic rings. The number of hydrogen-bond donors (Lipinski definition) is 2. The highest BCUT2D eigenvalue weighted by Gasteiger charge is 2.37. The third kappa shape index (κ3) is 3.41. The van der Waals surface area contributed by atoms with Crippen LogP contribution in [0.4, 0.5) is 29.3 Å². The van der Waals surface area contributed by atoms with Crippen LogP contribution in [0.15, 0.2) is 18.2 Å². The molecule has 0 radical (unpaired) electrons. The first-order valence-electron chi connectivity index (χ1n) is 6.36. The molecule has 1 aromatic rings. The number of benzene rings is 1. The number of urea groups is 1. The van der Waals surface area contributed by atoms with E-state index in [1.165, 1.54) is 23.1 Å². The molecular weight excluding hydrogens is 303 g/mol. The van der Waals surface area contributed by atoms with E-state index in [1.807, 2.05) is 0 Å². The first-order chi connectivity index (χ1) is 10.2. The maximum atomic E-state index is 12.4. The number of anilines is 2. The van der Waals surface area contributed by atoms with Crippen LogP contribution in [0.1, 0.15) is 6.92 Å². The minimum atomic E-state index is -4.52. The topological polar surface area (TPSA) is 70.7 Å². The van der Waals surface area contributed by atoms with Crippen LogP contribution in [0.3, 0.4) is 0 Å². The van der Waals surface area contributed by atoms with Gasteiger partial charge in [0.05, 0.1) is 5.69 Å². The number of halogens is 3. The van der Waals surface area contributed by atoms with E-state index in [9.17, 15) is 22.8 Å². The Morgan fingerprint density at radius 3 is 2.73 bits per heavy atom. The van der Waals surface area contributed by atoms with Gasteiger partial charge >= 0.3 is 12.2 Å². The highest BCUT2D eigenvalue weighted by molar-refractivity contribution is 5.99. The van der Waals surface area contributed by atoms with Crippen LogP contribution < -0.4 is 20.3 Å². The lowest BCUT2D eigenvalue weighted by molar-refractivity contribution is -0.148. The maximum Gasteiger partial charge on any atom is 0.408 e. The van der Waals surface area contributed by atoms with Crippen molar-refractivity contribution in [1.82, 2.24) is 5.32 Å². The summed E-state index contributed by atoms with van der Waals surface area (Å²) in [5.74, 6) is 0.191. The van der Waals surface area contributed by atoms with Gasteiger partial charge in [-0.1, -0.05) is 0 Å². The summed E-state index contributed by atoms with van der Waals surface area (Å²) in [7, 11) is 1.54. The van der Waals surface area contributed by atoms with Gasteiger partial charge in [-0.3, -0.25) is 4.79 Å². The zero-order valence-corrected chi connectivity index (χ0v) is 11.8. The van der Waals surface area contributed by atoms with Crippen molar-refractivity contribution in [2.45, 2.75) is 19.1 Å². The number of carbonyl (C=O) groups is 2. The van der Waals surface area contributed by atoms with E-state index in [-0.39, 0.29) is 18.2 Å². The van der Waals surface area contributed by atoms with E-state index in [1.54, 1.807) is 12.4 Å². The second kappa shape index (κ2) is 5.74. The molecule has 0 aromatic heterocycles. The summed E-state index contributed by atoms with van der Waals surface area (Å²) >= 11 is 0. The van der Waals surface area contributed by atoms with Crippen LogP contribution in [0.2, 0.25) is 0 Å². The zero-order chi connectivity index (χ0) is 16.5. The van der Waals surface area contributed by atoms with Crippen LogP contribution >= 0.6 is 0 Å². The number of rotatable bonds is 2. The Labute approximate surface area is 124 Å². The first kappa shape index (κ1) is 15.9. The second-order valence-corrected chi connectivity index (χ2v) is 4.79. The molecule has 0 spiro atoms. The first-order valence-corrected chi connectivity index (χ1v) is 6.36. The molecule has 9 heteroatoms. The fraction of sp³-hybridized carbons (Fsp3) is 0.385. The number of nitrogens with zero attached hydrogens (tertiary/aromatic N) is 1. The summed E-state index contributed by atoms with van der Waals surface area (Å²) in [5.41, 5.74) is 0.675. The predicted octanol–water partition coefficient (Wildman–Crippen LogP) is 2.11. The molecule has 0 unspecified atom stereocenters. The van der Waals surface area contributed by atoms with Crippen LogP contribution in [0, 0.1) is 0 Å². The van der Waals surface area contributed by atoms with Gasteiger partial charge in [-0.25, -0.2) is 4.79 Å². The number of ether oxygens (including phenoxy) is 1. The summed E-state index contributed by atoms with van der Waals surface area (Å²) in [4.78, 5) is 24.4. The molecule has 3 amide bonds. The van der Waals surface area contributed by atoms with Gasteiger partial charge in [-0.15, -0.1) is 0 Å². The third-order valence-electron chi connectivity index (χ3n) is 3.14. The Bertz CT molecular complexity index is 604. The number of likely N-dealkylation sites (N-methyl/N-ethyl adjacent to an activating group) is 1. The SMILES string of the molecule is C[C@H](NC(=O)Nc1ccc2c(c1)N(C)C(=O)CO2)C(F)(F)F. The molecule has 2 N–H and O–H groups in total. The fourth-order valence-corrected chi connectivity index (χ4v) is 1.80. The third-order valence-corrected chi connectivity index (χ3v) is 3.14. The zero-order valence-electron chi connectivity index (χ0n) is 11.8. The van der Waals surface area contributed by atoms with Crippen LogP contribution in [0.25, 0.3) is 0 Å². The minimum absolute atomic E-state index is 0.0835. The Hall–Kier alpha value is -2.45. The molecule has 0 saturated heterocycles. The normalized spacial score (nSPS) is 15.7. The van der Waals surface area contributed by atoms with Gasteiger partial charge in [0, 0.05) is 12.7 Å². The molecule has 1 heterocycles. The monoisotopic (exact) mass is 317 g/mol. The molecule has 1 aliphatic heterocycles. The number of nitrogens with one attached hydrogen (secondary N) is 2. The Kier molecular flexibility index (Phi) is 4.16. The lowest BCUT2D eigenvalue weighted by Gasteiger charge is -2.26. The number of fused-ring (bicyclic) bond motifs is 1. The van der Waals surface area contributed by atoms with E-state index in [2.05, 4.69) is 5.32 Å². The van der Waals surface area contributed by atoms with Gasteiger partial charge < -0.3 is 20.3 Å². The van der Waals surface area contributed by atoms with Crippen molar-refractivity contribution >= 4 is 23.3 Å². The Balaban J connectivity index is 2.08. The number of amides is 3.